The number of ether oxygens (including phenoxy) is 1. The van der Waals surface area contributed by atoms with Crippen molar-refractivity contribution in [2.75, 3.05) is 13.2 Å². The molecule has 3 nitrogen and oxygen atoms in total. The highest BCUT2D eigenvalue weighted by Crippen LogP contribution is 2.26. The van der Waals surface area contributed by atoms with Crippen molar-refractivity contribution in [3.8, 4) is 18.1 Å². The second-order valence-corrected chi connectivity index (χ2v) is 3.72. The van der Waals surface area contributed by atoms with Crippen LogP contribution in [0.2, 0.25) is 0 Å². The van der Waals surface area contributed by atoms with Crippen LogP contribution in [0.25, 0.3) is 6.08 Å². The fourth-order valence-electron chi connectivity index (χ4n) is 1.68. The first-order valence-electron chi connectivity index (χ1n) is 5.44. The number of rotatable bonds is 3. The minimum absolute atomic E-state index is 0.181. The van der Waals surface area contributed by atoms with E-state index in [1.165, 1.54) is 11.6 Å². The summed E-state index contributed by atoms with van der Waals surface area (Å²) in [5.41, 5.74) is 2.18. The molecular formula is C14H13NO2. The summed E-state index contributed by atoms with van der Waals surface area (Å²) >= 11 is 0. The van der Waals surface area contributed by atoms with E-state index in [4.69, 9.17) is 11.2 Å². The van der Waals surface area contributed by atoms with Gasteiger partial charge in [-0.05, 0) is 29.3 Å². The molecule has 3 heteroatoms. The van der Waals surface area contributed by atoms with E-state index < -0.39 is 0 Å². The van der Waals surface area contributed by atoms with Gasteiger partial charge >= 0.3 is 0 Å². The van der Waals surface area contributed by atoms with Crippen LogP contribution in [0, 0.1) is 12.3 Å². The first-order valence-corrected chi connectivity index (χ1v) is 5.44. The maximum atomic E-state index is 11.3. The Balaban J connectivity index is 2.02. The molecule has 1 aliphatic rings. The van der Waals surface area contributed by atoms with Gasteiger partial charge in [-0.1, -0.05) is 12.0 Å². The molecule has 1 amide bonds. The number of carbonyl (C=O) groups excluding carboxylic acids is 1. The molecule has 1 heterocycles. The summed E-state index contributed by atoms with van der Waals surface area (Å²) < 4.78 is 5.41. The van der Waals surface area contributed by atoms with E-state index in [-0.39, 0.29) is 12.5 Å². The summed E-state index contributed by atoms with van der Waals surface area (Å²) in [4.78, 5) is 11.3. The summed E-state index contributed by atoms with van der Waals surface area (Å²) in [6.45, 7) is 0.992. The molecule has 0 radical (unpaired) electrons. The van der Waals surface area contributed by atoms with Crippen LogP contribution in [-0.2, 0) is 11.2 Å². The molecule has 0 saturated carbocycles. The maximum absolute atomic E-state index is 11.3. The topological polar surface area (TPSA) is 38.3 Å². The molecule has 0 aromatic heterocycles. The SMILES string of the molecule is C#CCNC(=O)/C=C/c1ccc2c(c1)CCO2. The van der Waals surface area contributed by atoms with Gasteiger partial charge in [0.2, 0.25) is 5.91 Å². The minimum atomic E-state index is -0.181. The molecule has 0 spiro atoms. The number of fused-ring (bicyclic) bond motifs is 1. The minimum Gasteiger partial charge on any atom is -0.493 e. The van der Waals surface area contributed by atoms with Gasteiger partial charge in [0.25, 0.3) is 0 Å². The van der Waals surface area contributed by atoms with Crippen molar-refractivity contribution < 1.29 is 9.53 Å². The average Bonchev–Trinajstić information content (AvgIpc) is 2.81. The standard InChI is InChI=1S/C14H13NO2/c1-2-8-15-14(16)6-4-11-3-5-13-12(10-11)7-9-17-13/h1,3-6,10H,7-9H2,(H,15,16)/b6-4+. The fraction of sp³-hybridized carbons (Fsp3) is 0.214. The Morgan fingerprint density at radius 2 is 2.47 bits per heavy atom. The Hall–Kier alpha value is -2.21. The maximum Gasteiger partial charge on any atom is 0.244 e. The Morgan fingerprint density at radius 1 is 1.59 bits per heavy atom. The molecule has 1 aromatic carbocycles. The third-order valence-corrected chi connectivity index (χ3v) is 2.51. The highest BCUT2D eigenvalue weighted by atomic mass is 16.5. The van der Waals surface area contributed by atoms with Gasteiger partial charge in [0, 0.05) is 12.5 Å². The first kappa shape index (κ1) is 11.3. The molecule has 2 rings (SSSR count). The third kappa shape index (κ3) is 2.88. The zero-order chi connectivity index (χ0) is 12.1. The second-order valence-electron chi connectivity index (χ2n) is 3.72. The van der Waals surface area contributed by atoms with Gasteiger partial charge in [0.05, 0.1) is 13.2 Å². The number of hydrogen-bond donors (Lipinski definition) is 1. The molecule has 0 aliphatic carbocycles. The summed E-state index contributed by atoms with van der Waals surface area (Å²) in [6.07, 6.45) is 9.22. The van der Waals surface area contributed by atoms with Gasteiger partial charge in [0.15, 0.2) is 0 Å². The van der Waals surface area contributed by atoms with E-state index in [2.05, 4.69) is 11.2 Å². The normalized spacial score (nSPS) is 12.9. The Morgan fingerprint density at radius 3 is 3.29 bits per heavy atom. The Bertz CT molecular complexity index is 497. The van der Waals surface area contributed by atoms with Crippen LogP contribution in [0.4, 0.5) is 0 Å². The van der Waals surface area contributed by atoms with Crippen LogP contribution in [0.1, 0.15) is 11.1 Å². The van der Waals surface area contributed by atoms with Crippen molar-refractivity contribution in [3.05, 3.63) is 35.4 Å². The predicted octanol–water partition coefficient (Wildman–Crippen LogP) is 1.38. The van der Waals surface area contributed by atoms with E-state index in [0.29, 0.717) is 0 Å². The largest absolute Gasteiger partial charge is 0.493 e. The molecule has 0 fully saturated rings. The number of carbonyl (C=O) groups is 1. The molecule has 0 atom stereocenters. The van der Waals surface area contributed by atoms with Crippen molar-refractivity contribution >= 4 is 12.0 Å². The van der Waals surface area contributed by atoms with Crippen LogP contribution in [0.3, 0.4) is 0 Å². The smallest absolute Gasteiger partial charge is 0.244 e. The van der Waals surface area contributed by atoms with Gasteiger partial charge in [-0.15, -0.1) is 6.42 Å². The fourth-order valence-corrected chi connectivity index (χ4v) is 1.68. The van der Waals surface area contributed by atoms with E-state index in [0.717, 1.165) is 24.3 Å². The van der Waals surface area contributed by atoms with Crippen molar-refractivity contribution in [2.45, 2.75) is 6.42 Å². The number of nitrogens with one attached hydrogen (secondary N) is 1. The number of hydrogen-bond acceptors (Lipinski definition) is 2. The van der Waals surface area contributed by atoms with Crippen molar-refractivity contribution in [1.29, 1.82) is 0 Å². The molecule has 1 aromatic rings. The number of amides is 1. The average molecular weight is 227 g/mol. The van der Waals surface area contributed by atoms with Gasteiger partial charge in [-0.2, -0.15) is 0 Å². The molecule has 17 heavy (non-hydrogen) atoms. The monoisotopic (exact) mass is 227 g/mol. The highest BCUT2D eigenvalue weighted by Gasteiger charge is 2.10. The van der Waals surface area contributed by atoms with Gasteiger partial charge in [0.1, 0.15) is 5.75 Å². The van der Waals surface area contributed by atoms with E-state index in [1.54, 1.807) is 6.08 Å². The summed E-state index contributed by atoms with van der Waals surface area (Å²) in [5.74, 6) is 3.11. The second kappa shape index (κ2) is 5.22. The Labute approximate surface area is 100 Å². The summed E-state index contributed by atoms with van der Waals surface area (Å²) in [6, 6.07) is 5.89. The lowest BCUT2D eigenvalue weighted by atomic mass is 10.1. The van der Waals surface area contributed by atoms with Crippen LogP contribution in [0.5, 0.6) is 5.75 Å². The molecular weight excluding hydrogens is 214 g/mol. The van der Waals surface area contributed by atoms with E-state index >= 15 is 0 Å². The lowest BCUT2D eigenvalue weighted by Crippen LogP contribution is -2.20. The van der Waals surface area contributed by atoms with Crippen molar-refractivity contribution in [3.63, 3.8) is 0 Å². The summed E-state index contributed by atoms with van der Waals surface area (Å²) in [5, 5.41) is 2.57. The number of benzene rings is 1. The molecule has 0 bridgehead atoms. The lowest BCUT2D eigenvalue weighted by molar-refractivity contribution is -0.116. The zero-order valence-electron chi connectivity index (χ0n) is 9.40. The van der Waals surface area contributed by atoms with Crippen LogP contribution >= 0.6 is 0 Å². The first-order chi connectivity index (χ1) is 8.29. The number of terminal acetylenes is 1. The summed E-state index contributed by atoms with van der Waals surface area (Å²) in [7, 11) is 0. The van der Waals surface area contributed by atoms with Crippen LogP contribution in [0.15, 0.2) is 24.3 Å². The zero-order valence-corrected chi connectivity index (χ0v) is 9.40. The molecule has 1 N–H and O–H groups in total. The molecule has 86 valence electrons. The van der Waals surface area contributed by atoms with Gasteiger partial charge < -0.3 is 10.1 Å². The third-order valence-electron chi connectivity index (χ3n) is 2.51. The van der Waals surface area contributed by atoms with Crippen molar-refractivity contribution in [2.24, 2.45) is 0 Å². The lowest BCUT2D eigenvalue weighted by Gasteiger charge is -1.99. The molecule has 0 unspecified atom stereocenters. The highest BCUT2D eigenvalue weighted by molar-refractivity contribution is 5.91. The van der Waals surface area contributed by atoms with Crippen LogP contribution < -0.4 is 10.1 Å². The van der Waals surface area contributed by atoms with E-state index in [9.17, 15) is 4.79 Å². The Kier molecular flexibility index (Phi) is 3.46. The van der Waals surface area contributed by atoms with Gasteiger partial charge in [-0.3, -0.25) is 4.79 Å². The molecule has 0 saturated heterocycles. The van der Waals surface area contributed by atoms with Crippen LogP contribution in [-0.4, -0.2) is 19.1 Å². The van der Waals surface area contributed by atoms with Gasteiger partial charge in [-0.25, -0.2) is 0 Å². The van der Waals surface area contributed by atoms with E-state index in [1.807, 2.05) is 18.2 Å². The van der Waals surface area contributed by atoms with Crippen molar-refractivity contribution in [1.82, 2.24) is 5.32 Å². The molecule has 1 aliphatic heterocycles. The quantitative estimate of drug-likeness (QED) is 0.626. The predicted molar refractivity (Wildman–Crippen MR) is 66.5 cm³/mol.